The maximum atomic E-state index is 13.7. The maximum absolute atomic E-state index is 13.7. The highest BCUT2D eigenvalue weighted by atomic mass is 19.1. The summed E-state index contributed by atoms with van der Waals surface area (Å²) in [6.07, 6.45) is 1.77. The molecule has 0 unspecified atom stereocenters. The topological polar surface area (TPSA) is 0 Å². The van der Waals surface area contributed by atoms with Gasteiger partial charge in [-0.3, -0.25) is 0 Å². The molecule has 0 amide bonds. The van der Waals surface area contributed by atoms with Crippen molar-refractivity contribution in [2.24, 2.45) is 0 Å². The van der Waals surface area contributed by atoms with E-state index >= 15 is 0 Å². The Balaban J connectivity index is 2.24. The monoisotopic (exact) mass is 292 g/mol. The van der Waals surface area contributed by atoms with Gasteiger partial charge >= 0.3 is 0 Å². The van der Waals surface area contributed by atoms with Crippen LogP contribution in [0.5, 0.6) is 0 Å². The van der Waals surface area contributed by atoms with Crippen molar-refractivity contribution in [1.82, 2.24) is 0 Å². The molecule has 0 atom stereocenters. The largest absolute Gasteiger partial charge is 0.207 e. The summed E-state index contributed by atoms with van der Waals surface area (Å²) in [6, 6.07) is 18.5. The third-order valence-corrected chi connectivity index (χ3v) is 3.61. The zero-order valence-electron chi connectivity index (χ0n) is 11.9. The van der Waals surface area contributed by atoms with Crippen LogP contribution in [0.4, 0.5) is 8.78 Å². The zero-order chi connectivity index (χ0) is 15.5. The predicted molar refractivity (Wildman–Crippen MR) is 87.3 cm³/mol. The molecule has 0 aromatic heterocycles. The van der Waals surface area contributed by atoms with Gasteiger partial charge in [0.1, 0.15) is 11.6 Å². The Hall–Kier alpha value is -2.74. The third-order valence-electron chi connectivity index (χ3n) is 3.61. The molecule has 108 valence electrons. The standard InChI is InChI=1S/C20H14F2/c1-2-14-5-3-4-6-18(14)19-12-11-17(22)13-20(19)15-7-9-16(21)10-8-15/h2-13H,1H2. The molecule has 0 spiro atoms. The molecule has 0 radical (unpaired) electrons. The van der Waals surface area contributed by atoms with Crippen LogP contribution in [0.15, 0.2) is 73.3 Å². The molecule has 0 aliphatic rings. The van der Waals surface area contributed by atoms with E-state index in [9.17, 15) is 8.78 Å². The van der Waals surface area contributed by atoms with Crippen LogP contribution in [-0.2, 0) is 0 Å². The second kappa shape index (κ2) is 5.94. The van der Waals surface area contributed by atoms with E-state index in [4.69, 9.17) is 0 Å². The molecule has 0 aliphatic heterocycles. The smallest absolute Gasteiger partial charge is 0.123 e. The molecular weight excluding hydrogens is 278 g/mol. The van der Waals surface area contributed by atoms with E-state index < -0.39 is 0 Å². The first-order valence-corrected chi connectivity index (χ1v) is 6.96. The first-order valence-electron chi connectivity index (χ1n) is 6.96. The van der Waals surface area contributed by atoms with Crippen molar-refractivity contribution >= 4 is 6.08 Å². The van der Waals surface area contributed by atoms with Crippen LogP contribution in [0.2, 0.25) is 0 Å². The average Bonchev–Trinajstić information content (AvgIpc) is 2.55. The fourth-order valence-corrected chi connectivity index (χ4v) is 2.54. The van der Waals surface area contributed by atoms with E-state index in [1.54, 1.807) is 24.3 Å². The fraction of sp³-hybridized carbons (Fsp3) is 0. The van der Waals surface area contributed by atoms with E-state index in [-0.39, 0.29) is 11.6 Å². The lowest BCUT2D eigenvalue weighted by atomic mass is 9.91. The number of halogens is 2. The van der Waals surface area contributed by atoms with Gasteiger partial charge in [0, 0.05) is 0 Å². The second-order valence-corrected chi connectivity index (χ2v) is 4.99. The van der Waals surface area contributed by atoms with Crippen LogP contribution in [0.25, 0.3) is 28.3 Å². The van der Waals surface area contributed by atoms with Crippen LogP contribution < -0.4 is 0 Å². The van der Waals surface area contributed by atoms with Crippen molar-refractivity contribution in [3.05, 3.63) is 90.5 Å². The summed E-state index contributed by atoms with van der Waals surface area (Å²) in [6.45, 7) is 3.82. The summed E-state index contributed by atoms with van der Waals surface area (Å²) >= 11 is 0. The summed E-state index contributed by atoms with van der Waals surface area (Å²) in [5.41, 5.74) is 4.34. The van der Waals surface area contributed by atoms with Gasteiger partial charge in [-0.05, 0) is 52.1 Å². The summed E-state index contributed by atoms with van der Waals surface area (Å²) in [5, 5.41) is 0. The van der Waals surface area contributed by atoms with E-state index in [0.717, 1.165) is 27.8 Å². The maximum Gasteiger partial charge on any atom is 0.123 e. The molecule has 3 rings (SSSR count). The van der Waals surface area contributed by atoms with Gasteiger partial charge in [0.2, 0.25) is 0 Å². The highest BCUT2D eigenvalue weighted by Gasteiger charge is 2.11. The average molecular weight is 292 g/mol. The van der Waals surface area contributed by atoms with Gasteiger partial charge < -0.3 is 0 Å². The van der Waals surface area contributed by atoms with E-state index in [1.165, 1.54) is 24.3 Å². The summed E-state index contributed by atoms with van der Waals surface area (Å²) in [4.78, 5) is 0. The lowest BCUT2D eigenvalue weighted by molar-refractivity contribution is 0.627. The molecule has 3 aromatic rings. The first kappa shape index (κ1) is 14.2. The molecule has 0 N–H and O–H groups in total. The molecule has 22 heavy (non-hydrogen) atoms. The lowest BCUT2D eigenvalue weighted by Crippen LogP contribution is -1.90. The molecule has 0 saturated heterocycles. The van der Waals surface area contributed by atoms with Gasteiger partial charge in [0.25, 0.3) is 0 Å². The lowest BCUT2D eigenvalue weighted by Gasteiger charge is -2.13. The van der Waals surface area contributed by atoms with Crippen molar-refractivity contribution in [1.29, 1.82) is 0 Å². The van der Waals surface area contributed by atoms with Crippen molar-refractivity contribution in [2.75, 3.05) is 0 Å². The van der Waals surface area contributed by atoms with Crippen molar-refractivity contribution in [3.8, 4) is 22.3 Å². The van der Waals surface area contributed by atoms with E-state index in [1.807, 2.05) is 24.3 Å². The Labute approximate surface area is 128 Å². The van der Waals surface area contributed by atoms with E-state index in [2.05, 4.69) is 6.58 Å². The van der Waals surface area contributed by atoms with Crippen LogP contribution in [0.3, 0.4) is 0 Å². The second-order valence-electron chi connectivity index (χ2n) is 4.99. The molecule has 0 heterocycles. The third kappa shape index (κ3) is 2.68. The molecule has 0 nitrogen and oxygen atoms in total. The Morgan fingerprint density at radius 2 is 1.36 bits per heavy atom. The molecule has 3 aromatic carbocycles. The normalized spacial score (nSPS) is 10.5. The number of rotatable bonds is 3. The molecule has 0 aliphatic carbocycles. The predicted octanol–water partition coefficient (Wildman–Crippen LogP) is 5.94. The van der Waals surface area contributed by atoms with Gasteiger partial charge in [-0.2, -0.15) is 0 Å². The minimum Gasteiger partial charge on any atom is -0.207 e. The van der Waals surface area contributed by atoms with Crippen LogP contribution in [0, 0.1) is 11.6 Å². The minimum absolute atomic E-state index is 0.312. The van der Waals surface area contributed by atoms with Gasteiger partial charge in [-0.25, -0.2) is 8.78 Å². The fourth-order valence-electron chi connectivity index (χ4n) is 2.54. The molecule has 0 fully saturated rings. The Bertz CT molecular complexity index is 817. The SMILES string of the molecule is C=Cc1ccccc1-c1ccc(F)cc1-c1ccc(F)cc1. The van der Waals surface area contributed by atoms with Gasteiger partial charge in [-0.1, -0.05) is 55.1 Å². The molecule has 2 heteroatoms. The highest BCUT2D eigenvalue weighted by molar-refractivity contribution is 5.87. The Kier molecular flexibility index (Phi) is 3.84. The molecule has 0 saturated carbocycles. The number of benzene rings is 3. The van der Waals surface area contributed by atoms with Crippen molar-refractivity contribution in [2.45, 2.75) is 0 Å². The zero-order valence-corrected chi connectivity index (χ0v) is 11.9. The van der Waals surface area contributed by atoms with Gasteiger partial charge in [-0.15, -0.1) is 0 Å². The number of hydrogen-bond donors (Lipinski definition) is 0. The van der Waals surface area contributed by atoms with Crippen LogP contribution in [-0.4, -0.2) is 0 Å². The van der Waals surface area contributed by atoms with Crippen molar-refractivity contribution < 1.29 is 8.78 Å². The summed E-state index contributed by atoms with van der Waals surface area (Å²) in [7, 11) is 0. The highest BCUT2D eigenvalue weighted by Crippen LogP contribution is 2.35. The van der Waals surface area contributed by atoms with Crippen molar-refractivity contribution in [3.63, 3.8) is 0 Å². The Morgan fingerprint density at radius 1 is 0.682 bits per heavy atom. The number of hydrogen-bond acceptors (Lipinski definition) is 0. The van der Waals surface area contributed by atoms with Crippen LogP contribution in [0.1, 0.15) is 5.56 Å². The van der Waals surface area contributed by atoms with Crippen LogP contribution >= 0.6 is 0 Å². The summed E-state index contributed by atoms with van der Waals surface area (Å²) < 4.78 is 26.9. The van der Waals surface area contributed by atoms with E-state index in [0.29, 0.717) is 0 Å². The van der Waals surface area contributed by atoms with Gasteiger partial charge in [0.15, 0.2) is 0 Å². The molecular formula is C20H14F2. The quantitative estimate of drug-likeness (QED) is 0.560. The molecule has 0 bridgehead atoms. The summed E-state index contributed by atoms with van der Waals surface area (Å²) in [5.74, 6) is -0.632. The Morgan fingerprint density at radius 3 is 2.09 bits per heavy atom. The minimum atomic E-state index is -0.320. The first-order chi connectivity index (χ1) is 10.7. The van der Waals surface area contributed by atoms with Gasteiger partial charge in [0.05, 0.1) is 0 Å².